The van der Waals surface area contributed by atoms with Gasteiger partial charge in [0, 0.05) is 28.8 Å². The first-order chi connectivity index (χ1) is 23.8. The highest BCUT2D eigenvalue weighted by Gasteiger charge is 2.41. The highest BCUT2D eigenvalue weighted by molar-refractivity contribution is 5.96. The van der Waals surface area contributed by atoms with Crippen LogP contribution >= 0.6 is 0 Å². The van der Waals surface area contributed by atoms with Crippen molar-refractivity contribution in [2.24, 2.45) is 0 Å². The minimum atomic E-state index is -0.740. The van der Waals surface area contributed by atoms with E-state index in [0.717, 1.165) is 69.5 Å². The summed E-state index contributed by atoms with van der Waals surface area (Å²) in [6.07, 6.45) is 4.65. The summed E-state index contributed by atoms with van der Waals surface area (Å²) in [4.78, 5) is 16.4. The van der Waals surface area contributed by atoms with E-state index in [2.05, 4.69) is 101 Å². The molecule has 1 aliphatic heterocycles. The number of hydrogen-bond donors (Lipinski definition) is 2. The van der Waals surface area contributed by atoms with Crippen molar-refractivity contribution >= 4 is 23.0 Å². The number of benzene rings is 5. The number of hydrogen-bond acceptors (Lipinski definition) is 5. The summed E-state index contributed by atoms with van der Waals surface area (Å²) in [5.74, 6) is 1.30. The zero-order chi connectivity index (χ0) is 32.3. The first-order valence-corrected chi connectivity index (χ1v) is 16.2. The molecule has 48 heavy (non-hydrogen) atoms. The average Bonchev–Trinajstić information content (AvgIpc) is 3.80. The van der Waals surface area contributed by atoms with Crippen molar-refractivity contribution in [3.8, 4) is 22.6 Å². The second-order valence-electron chi connectivity index (χ2n) is 12.0. The van der Waals surface area contributed by atoms with Gasteiger partial charge in [-0.3, -0.25) is 9.89 Å². The van der Waals surface area contributed by atoms with Gasteiger partial charge in [0.1, 0.15) is 16.9 Å². The van der Waals surface area contributed by atoms with Crippen LogP contribution in [0.3, 0.4) is 0 Å². The molecule has 1 unspecified atom stereocenters. The third-order valence-electron chi connectivity index (χ3n) is 9.19. The normalized spacial score (nSPS) is 15.0. The molecule has 8 heteroatoms. The molecule has 8 nitrogen and oxygen atoms in total. The Hall–Kier alpha value is -5.86. The lowest BCUT2D eigenvalue weighted by molar-refractivity contribution is -0.0365. The van der Waals surface area contributed by atoms with Crippen molar-refractivity contribution in [2.45, 2.75) is 30.9 Å². The fraction of sp³-hybridized carbons (Fsp3) is 0.150. The van der Waals surface area contributed by atoms with Gasteiger partial charge in [-0.2, -0.15) is 10.2 Å². The van der Waals surface area contributed by atoms with Crippen LogP contribution in [0.4, 0.5) is 5.69 Å². The summed E-state index contributed by atoms with van der Waals surface area (Å²) < 4.78 is 8.17. The predicted molar refractivity (Wildman–Crippen MR) is 187 cm³/mol. The Kier molecular flexibility index (Phi) is 7.84. The van der Waals surface area contributed by atoms with E-state index in [1.165, 1.54) is 0 Å². The Morgan fingerprint density at radius 2 is 1.46 bits per heavy atom. The van der Waals surface area contributed by atoms with E-state index < -0.39 is 5.41 Å². The number of fused-ring (bicyclic) bond motifs is 1. The van der Waals surface area contributed by atoms with E-state index in [4.69, 9.17) is 19.9 Å². The molecule has 1 radical (unpaired) electrons. The van der Waals surface area contributed by atoms with E-state index >= 15 is 0 Å². The molecule has 1 saturated heterocycles. The standard InChI is InChI=1S/C40H33N6O2/c47-27-41-33-20-12-13-28(25-33)37-34-26-29(22-23-35(34)46(45-37)36-21-10-11-24-48-36)38-42-39(44-43-38)40(30-14-4-1-5-15-30,31-16-6-2-7-17-31)32-18-8-3-9-19-32/h1-9,12-20,22-23,25-26,36H,10-11,21,24H2,(H,41,47)(H,42,43,44). The molecule has 0 aliphatic carbocycles. The number of rotatable bonds is 9. The van der Waals surface area contributed by atoms with Crippen LogP contribution in [-0.4, -0.2) is 38.0 Å². The lowest BCUT2D eigenvalue weighted by Crippen LogP contribution is -2.32. The molecule has 1 amide bonds. The predicted octanol–water partition coefficient (Wildman–Crippen LogP) is 8.05. The van der Waals surface area contributed by atoms with Crippen molar-refractivity contribution in [1.29, 1.82) is 0 Å². The third kappa shape index (κ3) is 5.16. The van der Waals surface area contributed by atoms with Crippen LogP contribution in [0.5, 0.6) is 0 Å². The van der Waals surface area contributed by atoms with E-state index in [1.807, 2.05) is 47.1 Å². The second-order valence-corrected chi connectivity index (χ2v) is 12.0. The summed E-state index contributed by atoms with van der Waals surface area (Å²) >= 11 is 0. The summed E-state index contributed by atoms with van der Waals surface area (Å²) in [5.41, 5.74) is 6.63. The monoisotopic (exact) mass is 629 g/mol. The van der Waals surface area contributed by atoms with Crippen LogP contribution in [-0.2, 0) is 14.9 Å². The molecule has 235 valence electrons. The Balaban J connectivity index is 1.30. The van der Waals surface area contributed by atoms with E-state index in [-0.39, 0.29) is 6.23 Å². The number of ether oxygens (including phenoxy) is 1. The van der Waals surface area contributed by atoms with Crippen molar-refractivity contribution in [1.82, 2.24) is 25.0 Å². The van der Waals surface area contributed by atoms with Crippen molar-refractivity contribution in [2.75, 3.05) is 11.9 Å². The molecule has 0 spiro atoms. The molecular weight excluding hydrogens is 596 g/mol. The average molecular weight is 630 g/mol. The number of nitrogens with zero attached hydrogens (tertiary/aromatic N) is 4. The van der Waals surface area contributed by atoms with Crippen molar-refractivity contribution in [3.63, 3.8) is 0 Å². The summed E-state index contributed by atoms with van der Waals surface area (Å²) in [6.45, 7) is 0.708. The quantitative estimate of drug-likeness (QED) is 0.124. The fourth-order valence-electron chi connectivity index (χ4n) is 6.97. The smallest absolute Gasteiger partial charge is 0.314 e. The SMILES string of the molecule is O=[C]Nc1cccc(-c2nn(C3CCCCO3)c3ccc(-c4n[nH]c(C(c5ccccc5)(c5ccccc5)c5ccccc5)n4)cc23)c1. The highest BCUT2D eigenvalue weighted by Crippen LogP contribution is 2.44. The van der Waals surface area contributed by atoms with Crippen LogP contribution in [0, 0.1) is 0 Å². The van der Waals surface area contributed by atoms with E-state index in [9.17, 15) is 4.79 Å². The number of amides is 1. The number of aromatic nitrogens is 5. The van der Waals surface area contributed by atoms with Crippen molar-refractivity contribution < 1.29 is 9.53 Å². The number of carbonyl (C=O) groups excluding carboxylic acids is 1. The maximum Gasteiger partial charge on any atom is 0.314 e. The Morgan fingerprint density at radius 1 is 0.771 bits per heavy atom. The van der Waals surface area contributed by atoms with Gasteiger partial charge in [0.05, 0.1) is 5.52 Å². The molecule has 3 heterocycles. The van der Waals surface area contributed by atoms with Gasteiger partial charge < -0.3 is 10.1 Å². The van der Waals surface area contributed by atoms with E-state index in [0.29, 0.717) is 18.1 Å². The van der Waals surface area contributed by atoms with Gasteiger partial charge in [-0.1, -0.05) is 103 Å². The minimum absolute atomic E-state index is 0.149. The lowest BCUT2D eigenvalue weighted by atomic mass is 9.69. The summed E-state index contributed by atoms with van der Waals surface area (Å²) in [5, 5.41) is 16.9. The zero-order valence-corrected chi connectivity index (χ0v) is 26.2. The van der Waals surface area contributed by atoms with Crippen LogP contribution < -0.4 is 5.32 Å². The molecule has 1 aliphatic rings. The highest BCUT2D eigenvalue weighted by atomic mass is 16.5. The second kappa shape index (κ2) is 12.7. The van der Waals surface area contributed by atoms with Gasteiger partial charge in [-0.25, -0.2) is 9.67 Å². The van der Waals surface area contributed by atoms with Crippen LogP contribution in [0.15, 0.2) is 133 Å². The number of aromatic amines is 1. The Labute approximate surface area is 278 Å². The molecule has 7 aromatic rings. The number of nitrogens with one attached hydrogen (secondary N) is 2. The van der Waals surface area contributed by atoms with E-state index in [1.54, 1.807) is 6.41 Å². The first kappa shape index (κ1) is 29.5. The molecule has 2 aromatic heterocycles. The van der Waals surface area contributed by atoms with Gasteiger partial charge in [-0.15, -0.1) is 0 Å². The van der Waals surface area contributed by atoms with Crippen LogP contribution in [0.2, 0.25) is 0 Å². The summed E-state index contributed by atoms with van der Waals surface area (Å²) in [6, 6.07) is 45.2. The minimum Gasteiger partial charge on any atom is -0.356 e. The topological polar surface area (TPSA) is 97.7 Å². The molecule has 8 rings (SSSR count). The van der Waals surface area contributed by atoms with Crippen molar-refractivity contribution in [3.05, 3.63) is 156 Å². The molecular formula is C40H33N6O2. The Bertz CT molecular complexity index is 2070. The van der Waals surface area contributed by atoms with Gasteiger partial charge in [0.15, 0.2) is 12.1 Å². The first-order valence-electron chi connectivity index (χ1n) is 16.2. The van der Waals surface area contributed by atoms with Gasteiger partial charge >= 0.3 is 6.41 Å². The van der Waals surface area contributed by atoms with Gasteiger partial charge in [-0.05, 0) is 66.3 Å². The van der Waals surface area contributed by atoms with Gasteiger partial charge in [0.25, 0.3) is 0 Å². The zero-order valence-electron chi connectivity index (χ0n) is 26.2. The summed E-state index contributed by atoms with van der Waals surface area (Å²) in [7, 11) is 0. The third-order valence-corrected chi connectivity index (χ3v) is 9.19. The lowest BCUT2D eigenvalue weighted by Gasteiger charge is -2.33. The molecule has 0 saturated carbocycles. The number of anilines is 1. The molecule has 1 atom stereocenters. The maximum absolute atomic E-state index is 11.1. The fourth-order valence-corrected chi connectivity index (χ4v) is 6.97. The molecule has 1 fully saturated rings. The van der Waals surface area contributed by atoms with Crippen LogP contribution in [0.1, 0.15) is 48.0 Å². The molecule has 2 N–H and O–H groups in total. The Morgan fingerprint density at radius 3 is 2.08 bits per heavy atom. The molecule has 0 bridgehead atoms. The van der Waals surface area contributed by atoms with Gasteiger partial charge in [0.2, 0.25) is 0 Å². The molecule has 5 aromatic carbocycles. The number of H-pyrrole nitrogens is 1. The largest absolute Gasteiger partial charge is 0.356 e. The van der Waals surface area contributed by atoms with Crippen LogP contribution in [0.25, 0.3) is 33.5 Å². The maximum atomic E-state index is 11.1.